The average Bonchev–Trinajstić information content (AvgIpc) is 3.38. The number of nitrogens with one attached hydrogen (secondary N) is 2. The van der Waals surface area contributed by atoms with Crippen LogP contribution >= 0.6 is 11.8 Å². The predicted molar refractivity (Wildman–Crippen MR) is 105 cm³/mol. The molecule has 26 heavy (non-hydrogen) atoms. The maximum Gasteiger partial charge on any atom is 0.252 e. The van der Waals surface area contributed by atoms with Crippen molar-refractivity contribution >= 4 is 23.4 Å². The molecule has 1 saturated carbocycles. The van der Waals surface area contributed by atoms with Crippen LogP contribution < -0.4 is 10.6 Å². The summed E-state index contributed by atoms with van der Waals surface area (Å²) in [4.78, 5) is 14.4. The molecule has 138 valence electrons. The number of carbonyl (C=O) groups excluding carboxylic acids is 1. The lowest BCUT2D eigenvalue weighted by molar-refractivity contribution is -0.126. The zero-order chi connectivity index (χ0) is 17.8. The second-order valence-corrected chi connectivity index (χ2v) is 8.61. The molecule has 0 unspecified atom stereocenters. The Morgan fingerprint density at radius 2 is 1.92 bits per heavy atom. The minimum atomic E-state index is -0.605. The van der Waals surface area contributed by atoms with Crippen LogP contribution in [0.15, 0.2) is 47.6 Å². The van der Waals surface area contributed by atoms with Gasteiger partial charge in [0, 0.05) is 28.2 Å². The van der Waals surface area contributed by atoms with Gasteiger partial charge in [0.05, 0.1) is 0 Å². The number of benzene rings is 1. The van der Waals surface area contributed by atoms with Gasteiger partial charge in [-0.05, 0) is 69.1 Å². The Morgan fingerprint density at radius 3 is 2.58 bits per heavy atom. The van der Waals surface area contributed by atoms with Gasteiger partial charge in [-0.1, -0.05) is 12.8 Å². The maximum atomic E-state index is 13.1. The largest absolute Gasteiger partial charge is 0.324 e. The molecular weight excluding hydrogens is 344 g/mol. The van der Waals surface area contributed by atoms with Gasteiger partial charge >= 0.3 is 0 Å². The standard InChI is InChI=1S/C20H26N4OS/c25-19(20(10-13-21-14-11-20)24-15-3-12-22-24)23-16-6-8-18(9-7-16)26-17-4-1-2-5-17/h3,6-9,12,15,17,21H,1-2,4-5,10-11,13-14H2,(H,23,25). The van der Waals surface area contributed by atoms with Crippen LogP contribution in [-0.4, -0.2) is 34.0 Å². The summed E-state index contributed by atoms with van der Waals surface area (Å²) in [5, 5.41) is 11.6. The monoisotopic (exact) mass is 370 g/mol. The molecule has 1 aromatic carbocycles. The number of carbonyl (C=O) groups is 1. The Hall–Kier alpha value is -1.79. The van der Waals surface area contributed by atoms with E-state index in [-0.39, 0.29) is 5.91 Å². The summed E-state index contributed by atoms with van der Waals surface area (Å²) < 4.78 is 1.83. The number of hydrogen-bond donors (Lipinski definition) is 2. The SMILES string of the molecule is O=C(Nc1ccc(SC2CCCC2)cc1)C1(n2cccn2)CCNCC1. The molecule has 1 saturated heterocycles. The summed E-state index contributed by atoms with van der Waals surface area (Å²) in [6.45, 7) is 1.65. The molecule has 2 aliphatic rings. The van der Waals surface area contributed by atoms with E-state index < -0.39 is 5.54 Å². The van der Waals surface area contributed by atoms with E-state index in [0.29, 0.717) is 0 Å². The lowest BCUT2D eigenvalue weighted by atomic mass is 9.87. The second kappa shape index (κ2) is 7.84. The number of anilines is 1. The van der Waals surface area contributed by atoms with Gasteiger partial charge in [-0.3, -0.25) is 9.48 Å². The molecule has 0 atom stereocenters. The topological polar surface area (TPSA) is 59.0 Å². The number of aromatic nitrogens is 2. The van der Waals surface area contributed by atoms with Crippen LogP contribution in [0.1, 0.15) is 38.5 Å². The van der Waals surface area contributed by atoms with Crippen LogP contribution in [0.5, 0.6) is 0 Å². The van der Waals surface area contributed by atoms with Crippen LogP contribution in [0.2, 0.25) is 0 Å². The summed E-state index contributed by atoms with van der Waals surface area (Å²) >= 11 is 1.97. The molecule has 6 heteroatoms. The van der Waals surface area contributed by atoms with Gasteiger partial charge in [-0.2, -0.15) is 5.10 Å². The first-order valence-electron chi connectivity index (χ1n) is 9.55. The fraction of sp³-hybridized carbons (Fsp3) is 0.500. The third-order valence-electron chi connectivity index (χ3n) is 5.51. The number of hydrogen-bond acceptors (Lipinski definition) is 4. The molecule has 1 aromatic heterocycles. The van der Waals surface area contributed by atoms with Crippen molar-refractivity contribution in [2.75, 3.05) is 18.4 Å². The van der Waals surface area contributed by atoms with E-state index in [4.69, 9.17) is 0 Å². The van der Waals surface area contributed by atoms with Crippen LogP contribution in [0.25, 0.3) is 0 Å². The predicted octanol–water partition coefficient (Wildman–Crippen LogP) is 3.64. The van der Waals surface area contributed by atoms with Crippen molar-refractivity contribution in [1.29, 1.82) is 0 Å². The van der Waals surface area contributed by atoms with E-state index in [1.807, 2.05) is 40.8 Å². The lowest BCUT2D eigenvalue weighted by Gasteiger charge is -2.36. The van der Waals surface area contributed by atoms with E-state index in [1.54, 1.807) is 6.20 Å². The number of nitrogens with zero attached hydrogens (tertiary/aromatic N) is 2. The summed E-state index contributed by atoms with van der Waals surface area (Å²) in [5.74, 6) is 0.0268. The van der Waals surface area contributed by atoms with Crippen molar-refractivity contribution in [3.05, 3.63) is 42.7 Å². The van der Waals surface area contributed by atoms with E-state index in [0.717, 1.165) is 36.9 Å². The Balaban J connectivity index is 1.46. The van der Waals surface area contributed by atoms with Crippen molar-refractivity contribution in [2.45, 2.75) is 54.2 Å². The van der Waals surface area contributed by atoms with Gasteiger partial charge in [-0.25, -0.2) is 0 Å². The Kier molecular flexibility index (Phi) is 5.31. The van der Waals surface area contributed by atoms with Crippen molar-refractivity contribution in [2.24, 2.45) is 0 Å². The molecule has 0 spiro atoms. The van der Waals surface area contributed by atoms with E-state index in [1.165, 1.54) is 30.6 Å². The zero-order valence-corrected chi connectivity index (χ0v) is 15.8. The average molecular weight is 371 g/mol. The summed E-state index contributed by atoms with van der Waals surface area (Å²) in [6, 6.07) is 10.2. The zero-order valence-electron chi connectivity index (χ0n) is 15.0. The van der Waals surface area contributed by atoms with Gasteiger partial charge in [0.1, 0.15) is 5.54 Å². The molecule has 1 amide bonds. The highest BCUT2D eigenvalue weighted by Gasteiger charge is 2.42. The van der Waals surface area contributed by atoms with Crippen molar-refractivity contribution < 1.29 is 4.79 Å². The van der Waals surface area contributed by atoms with Crippen molar-refractivity contribution in [3.63, 3.8) is 0 Å². The molecule has 1 aliphatic heterocycles. The van der Waals surface area contributed by atoms with Crippen LogP contribution in [0, 0.1) is 0 Å². The van der Waals surface area contributed by atoms with Crippen LogP contribution in [0.4, 0.5) is 5.69 Å². The Morgan fingerprint density at radius 1 is 1.19 bits per heavy atom. The summed E-state index contributed by atoms with van der Waals surface area (Å²) in [5.41, 5.74) is 0.252. The number of piperidine rings is 1. The smallest absolute Gasteiger partial charge is 0.252 e. The molecule has 2 heterocycles. The Labute approximate surface area is 158 Å². The van der Waals surface area contributed by atoms with Crippen LogP contribution in [-0.2, 0) is 10.3 Å². The molecule has 5 nitrogen and oxygen atoms in total. The first-order chi connectivity index (χ1) is 12.8. The maximum absolute atomic E-state index is 13.1. The quantitative estimate of drug-likeness (QED) is 0.844. The van der Waals surface area contributed by atoms with Gasteiger partial charge in [0.15, 0.2) is 0 Å². The summed E-state index contributed by atoms with van der Waals surface area (Å²) in [7, 11) is 0. The van der Waals surface area contributed by atoms with Crippen molar-refractivity contribution in [1.82, 2.24) is 15.1 Å². The highest BCUT2D eigenvalue weighted by Crippen LogP contribution is 2.35. The van der Waals surface area contributed by atoms with Gasteiger partial charge in [0.2, 0.25) is 0 Å². The first kappa shape index (κ1) is 17.6. The fourth-order valence-corrected chi connectivity index (χ4v) is 5.23. The van der Waals surface area contributed by atoms with E-state index in [2.05, 4.69) is 27.9 Å². The Bertz CT molecular complexity index is 717. The van der Waals surface area contributed by atoms with Gasteiger partial charge < -0.3 is 10.6 Å². The summed E-state index contributed by atoms with van der Waals surface area (Å²) in [6.07, 6.45) is 10.5. The van der Waals surface area contributed by atoms with Gasteiger partial charge in [0.25, 0.3) is 5.91 Å². The molecule has 2 aromatic rings. The van der Waals surface area contributed by atoms with Gasteiger partial charge in [-0.15, -0.1) is 11.8 Å². The van der Waals surface area contributed by atoms with Crippen LogP contribution in [0.3, 0.4) is 0 Å². The molecule has 0 radical (unpaired) electrons. The van der Waals surface area contributed by atoms with E-state index in [9.17, 15) is 4.79 Å². The third kappa shape index (κ3) is 3.67. The third-order valence-corrected chi connectivity index (χ3v) is 6.86. The van der Waals surface area contributed by atoms with E-state index >= 15 is 0 Å². The molecule has 2 fully saturated rings. The highest BCUT2D eigenvalue weighted by molar-refractivity contribution is 8.00. The molecule has 0 bridgehead atoms. The minimum absolute atomic E-state index is 0.0268. The highest BCUT2D eigenvalue weighted by atomic mass is 32.2. The number of thioether (sulfide) groups is 1. The minimum Gasteiger partial charge on any atom is -0.324 e. The molecule has 4 rings (SSSR count). The molecular formula is C20H26N4OS. The normalized spacial score (nSPS) is 20.2. The fourth-order valence-electron chi connectivity index (χ4n) is 3.99. The van der Waals surface area contributed by atoms with Crippen molar-refractivity contribution in [3.8, 4) is 0 Å². The second-order valence-electron chi connectivity index (χ2n) is 7.24. The first-order valence-corrected chi connectivity index (χ1v) is 10.4. The molecule has 2 N–H and O–H groups in total. The number of rotatable bonds is 5. The lowest BCUT2D eigenvalue weighted by Crippen LogP contribution is -2.52. The molecule has 1 aliphatic carbocycles. The number of amides is 1.